The fraction of sp³-hybridized carbons (Fsp3) is 0.0500. The van der Waals surface area contributed by atoms with Crippen molar-refractivity contribution in [3.63, 3.8) is 0 Å². The van der Waals surface area contributed by atoms with E-state index in [0.717, 1.165) is 0 Å². The number of esters is 1. The van der Waals surface area contributed by atoms with Crippen LogP contribution in [-0.2, 0) is 4.79 Å². The Hall–Kier alpha value is -3.72. The number of hydrogen-bond donors (Lipinski definition) is 1. The number of nitrogens with zero attached hydrogens (tertiary/aromatic N) is 3. The maximum atomic E-state index is 12.3. The van der Waals surface area contributed by atoms with Crippen molar-refractivity contribution in [3.8, 4) is 11.5 Å². The number of methoxy groups -OCH3 is 1. The Morgan fingerprint density at radius 2 is 1.97 bits per heavy atom. The van der Waals surface area contributed by atoms with E-state index in [-0.39, 0.29) is 11.4 Å². The highest BCUT2D eigenvalue weighted by Gasteiger charge is 2.32. The van der Waals surface area contributed by atoms with E-state index in [1.165, 1.54) is 29.4 Å². The molecular weight excluding hydrogens is 392 g/mol. The first-order chi connectivity index (χ1) is 14.0. The lowest BCUT2D eigenvalue weighted by Crippen LogP contribution is -2.35. The van der Waals surface area contributed by atoms with Crippen LogP contribution in [0.15, 0.2) is 64.2 Å². The minimum absolute atomic E-state index is 0.0326. The van der Waals surface area contributed by atoms with Crippen molar-refractivity contribution >= 4 is 46.3 Å². The van der Waals surface area contributed by atoms with Crippen molar-refractivity contribution in [1.82, 2.24) is 5.01 Å². The molecule has 4 rings (SSSR count). The van der Waals surface area contributed by atoms with Crippen molar-refractivity contribution < 1.29 is 19.1 Å². The van der Waals surface area contributed by atoms with Crippen LogP contribution in [-0.4, -0.2) is 40.5 Å². The number of rotatable bonds is 4. The monoisotopic (exact) mass is 406 g/mol. The molecule has 0 atom stereocenters. The van der Waals surface area contributed by atoms with Gasteiger partial charge in [0.2, 0.25) is 0 Å². The van der Waals surface area contributed by atoms with Gasteiger partial charge in [-0.3, -0.25) is 10.2 Å². The van der Waals surface area contributed by atoms with Gasteiger partial charge in [-0.1, -0.05) is 18.2 Å². The number of fused-ring (bicyclic) bond motifs is 1. The first-order valence-electron chi connectivity index (χ1n) is 8.44. The average molecular weight is 406 g/mol. The Bertz CT molecular complexity index is 1110. The fourth-order valence-corrected chi connectivity index (χ4v) is 3.26. The largest absolute Gasteiger partial charge is 0.497 e. The summed E-state index contributed by atoms with van der Waals surface area (Å²) in [7, 11) is 1.52. The zero-order valence-electron chi connectivity index (χ0n) is 15.2. The van der Waals surface area contributed by atoms with Crippen molar-refractivity contribution in [2.45, 2.75) is 0 Å². The van der Waals surface area contributed by atoms with E-state index in [1.54, 1.807) is 54.6 Å². The van der Waals surface area contributed by atoms with Gasteiger partial charge in [0, 0.05) is 0 Å². The molecule has 0 fully saturated rings. The van der Waals surface area contributed by atoms with Crippen molar-refractivity contribution in [1.29, 1.82) is 5.41 Å². The van der Waals surface area contributed by atoms with Crippen LogP contribution in [0.25, 0.3) is 6.08 Å². The van der Waals surface area contributed by atoms with Crippen molar-refractivity contribution in [2.75, 3.05) is 7.11 Å². The fourth-order valence-electron chi connectivity index (χ4n) is 2.65. The number of aliphatic imine (C=N–C) groups is 1. The zero-order valence-corrected chi connectivity index (χ0v) is 16.0. The molecule has 0 aromatic heterocycles. The Labute approximate surface area is 170 Å². The van der Waals surface area contributed by atoms with Gasteiger partial charge >= 0.3 is 5.97 Å². The summed E-state index contributed by atoms with van der Waals surface area (Å²) < 4.78 is 10.5. The lowest BCUT2D eigenvalue weighted by Gasteiger charge is -2.20. The van der Waals surface area contributed by atoms with E-state index in [0.29, 0.717) is 27.8 Å². The summed E-state index contributed by atoms with van der Waals surface area (Å²) in [4.78, 5) is 28.4. The second-order valence-corrected chi connectivity index (χ2v) is 6.76. The number of thioether (sulfide) groups is 1. The van der Waals surface area contributed by atoms with Gasteiger partial charge in [-0.05, 0) is 53.7 Å². The minimum Gasteiger partial charge on any atom is -0.497 e. The maximum absolute atomic E-state index is 12.3. The zero-order chi connectivity index (χ0) is 20.4. The normalized spacial score (nSPS) is 16.7. The quantitative estimate of drug-likeness (QED) is 0.475. The molecular formula is C20H14N4O4S. The Morgan fingerprint density at radius 3 is 2.72 bits per heavy atom. The van der Waals surface area contributed by atoms with E-state index in [4.69, 9.17) is 14.9 Å². The molecule has 2 aliphatic heterocycles. The van der Waals surface area contributed by atoms with Gasteiger partial charge in [0.1, 0.15) is 11.5 Å². The molecule has 0 radical (unpaired) electrons. The molecule has 0 spiro atoms. The van der Waals surface area contributed by atoms with E-state index in [2.05, 4.69) is 10.1 Å². The third kappa shape index (κ3) is 3.81. The number of benzene rings is 2. The molecule has 144 valence electrons. The van der Waals surface area contributed by atoms with Gasteiger partial charge < -0.3 is 9.47 Å². The molecule has 2 aromatic carbocycles. The number of ether oxygens (including phenoxy) is 2. The number of amidine groups is 2. The maximum Gasteiger partial charge on any atom is 0.343 e. The number of hydrazone groups is 1. The molecule has 0 bridgehead atoms. The summed E-state index contributed by atoms with van der Waals surface area (Å²) in [6.07, 6.45) is 1.55. The number of carbonyl (C=O) groups is 2. The molecule has 8 nitrogen and oxygen atoms in total. The van der Waals surface area contributed by atoms with Crippen LogP contribution in [0, 0.1) is 5.41 Å². The second-order valence-electron chi connectivity index (χ2n) is 5.95. The van der Waals surface area contributed by atoms with Gasteiger partial charge in [0.15, 0.2) is 11.0 Å². The first-order valence-corrected chi connectivity index (χ1v) is 9.32. The smallest absolute Gasteiger partial charge is 0.343 e. The van der Waals surface area contributed by atoms with Crippen LogP contribution < -0.4 is 9.47 Å². The van der Waals surface area contributed by atoms with E-state index >= 15 is 0 Å². The second kappa shape index (κ2) is 7.72. The summed E-state index contributed by atoms with van der Waals surface area (Å²) in [6.45, 7) is 0. The van der Waals surface area contributed by atoms with E-state index in [9.17, 15) is 9.59 Å². The molecule has 0 saturated heterocycles. The molecule has 2 heterocycles. The van der Waals surface area contributed by atoms with Gasteiger partial charge in [-0.25, -0.2) is 4.79 Å². The molecule has 2 aliphatic rings. The number of amides is 1. The van der Waals surface area contributed by atoms with Crippen LogP contribution >= 0.6 is 11.8 Å². The highest BCUT2D eigenvalue weighted by atomic mass is 32.2. The summed E-state index contributed by atoms with van der Waals surface area (Å²) >= 11 is 1.19. The van der Waals surface area contributed by atoms with E-state index in [1.807, 2.05) is 0 Å². The van der Waals surface area contributed by atoms with Crippen LogP contribution in [0.2, 0.25) is 0 Å². The molecule has 0 unspecified atom stereocenters. The summed E-state index contributed by atoms with van der Waals surface area (Å²) in [5.74, 6) is -0.119. The first kappa shape index (κ1) is 18.6. The molecule has 1 N–H and O–H groups in total. The SMILES string of the molecule is COc1cccc(C(=O)Oc2ccc(C=C3C(=N)N4N=CSC4=NC3=O)cc2)c1. The van der Waals surface area contributed by atoms with Gasteiger partial charge in [-0.15, -0.1) is 0 Å². The van der Waals surface area contributed by atoms with Gasteiger partial charge in [-0.2, -0.15) is 15.1 Å². The molecule has 9 heteroatoms. The van der Waals surface area contributed by atoms with Gasteiger partial charge in [0.05, 0.1) is 23.8 Å². The lowest BCUT2D eigenvalue weighted by atomic mass is 10.1. The molecule has 2 aromatic rings. The third-order valence-corrected chi connectivity index (χ3v) is 4.78. The van der Waals surface area contributed by atoms with Crippen molar-refractivity contribution in [2.24, 2.45) is 10.1 Å². The Morgan fingerprint density at radius 1 is 1.17 bits per heavy atom. The number of nitrogens with one attached hydrogen (secondary N) is 1. The number of hydrogen-bond acceptors (Lipinski definition) is 7. The van der Waals surface area contributed by atoms with Crippen LogP contribution in [0.5, 0.6) is 11.5 Å². The predicted octanol–water partition coefficient (Wildman–Crippen LogP) is 3.16. The van der Waals surface area contributed by atoms with Crippen LogP contribution in [0.4, 0.5) is 0 Å². The molecule has 0 aliphatic carbocycles. The molecule has 0 saturated carbocycles. The predicted molar refractivity (Wildman–Crippen MR) is 110 cm³/mol. The topological polar surface area (TPSA) is 104 Å². The third-order valence-electron chi connectivity index (χ3n) is 4.10. The molecule has 1 amide bonds. The Kier molecular flexibility index (Phi) is 4.96. The Balaban J connectivity index is 1.50. The average Bonchev–Trinajstić information content (AvgIpc) is 3.21. The minimum atomic E-state index is -0.509. The lowest BCUT2D eigenvalue weighted by molar-refractivity contribution is -0.114. The highest BCUT2D eigenvalue weighted by molar-refractivity contribution is 8.25. The number of carbonyl (C=O) groups excluding carboxylic acids is 2. The summed E-state index contributed by atoms with van der Waals surface area (Å²) in [6, 6.07) is 13.3. The highest BCUT2D eigenvalue weighted by Crippen LogP contribution is 2.25. The van der Waals surface area contributed by atoms with Gasteiger partial charge in [0.25, 0.3) is 5.91 Å². The summed E-state index contributed by atoms with van der Waals surface area (Å²) in [5.41, 5.74) is 2.69. The standard InChI is InChI=1S/C20H14N4O4S/c1-27-15-4-2-3-13(10-15)19(26)28-14-7-5-12(6-8-14)9-16-17(21)24-20(23-18(16)25)29-11-22-24/h2-11,21H,1H3. The summed E-state index contributed by atoms with van der Waals surface area (Å²) in [5, 5.41) is 13.9. The van der Waals surface area contributed by atoms with Crippen LogP contribution in [0.1, 0.15) is 15.9 Å². The van der Waals surface area contributed by atoms with E-state index < -0.39 is 11.9 Å². The van der Waals surface area contributed by atoms with Crippen LogP contribution in [0.3, 0.4) is 0 Å². The van der Waals surface area contributed by atoms with Crippen molar-refractivity contribution in [3.05, 3.63) is 65.2 Å². The molecule has 29 heavy (non-hydrogen) atoms.